The molecular weight excluding hydrogens is 310 g/mol. The molecule has 4 nitrogen and oxygen atoms in total. The van der Waals surface area contributed by atoms with E-state index in [4.69, 9.17) is 0 Å². The van der Waals surface area contributed by atoms with Gasteiger partial charge in [-0.3, -0.25) is 4.79 Å². The molecule has 1 aromatic carbocycles. The fraction of sp³-hybridized carbons (Fsp3) is 0.500. The van der Waals surface area contributed by atoms with Crippen molar-refractivity contribution >= 4 is 29.2 Å². The van der Waals surface area contributed by atoms with Gasteiger partial charge in [0.2, 0.25) is 5.91 Å². The van der Waals surface area contributed by atoms with Crippen LogP contribution in [0.4, 0.5) is 0 Å². The van der Waals surface area contributed by atoms with Gasteiger partial charge in [-0.1, -0.05) is 31.5 Å². The molecule has 1 unspecified atom stereocenters. The van der Waals surface area contributed by atoms with Crippen LogP contribution in [0, 0.1) is 0 Å². The number of para-hydroxylation sites is 1. The number of hydrogen-bond acceptors (Lipinski definition) is 2. The lowest BCUT2D eigenvalue weighted by atomic mass is 10.0. The Morgan fingerprint density at radius 1 is 1.30 bits per heavy atom. The van der Waals surface area contributed by atoms with Crippen molar-refractivity contribution in [1.29, 1.82) is 0 Å². The molecule has 1 aromatic heterocycles. The number of piperidine rings is 1. The van der Waals surface area contributed by atoms with Crippen molar-refractivity contribution in [3.8, 4) is 0 Å². The van der Waals surface area contributed by atoms with Gasteiger partial charge in [0.1, 0.15) is 0 Å². The zero-order valence-corrected chi connectivity index (χ0v) is 14.5. The topological polar surface area (TPSA) is 56.9 Å². The maximum atomic E-state index is 12.1. The molecule has 1 aliphatic heterocycles. The highest BCUT2D eigenvalue weighted by molar-refractivity contribution is 5.86. The highest BCUT2D eigenvalue weighted by atomic mass is 35.5. The van der Waals surface area contributed by atoms with Crippen molar-refractivity contribution in [2.75, 3.05) is 13.1 Å². The molecule has 0 aliphatic carbocycles. The largest absolute Gasteiger partial charge is 0.361 e. The van der Waals surface area contributed by atoms with Gasteiger partial charge in [-0.25, -0.2) is 0 Å². The van der Waals surface area contributed by atoms with Crippen LogP contribution in [-0.2, 0) is 17.6 Å². The molecule has 0 spiro atoms. The highest BCUT2D eigenvalue weighted by Crippen LogP contribution is 2.22. The molecule has 23 heavy (non-hydrogen) atoms. The third-order valence-electron chi connectivity index (χ3n) is 4.59. The number of aromatic nitrogens is 1. The Kier molecular flexibility index (Phi) is 6.48. The van der Waals surface area contributed by atoms with E-state index in [-0.39, 0.29) is 24.4 Å². The lowest BCUT2D eigenvalue weighted by Crippen LogP contribution is -2.47. The monoisotopic (exact) mass is 335 g/mol. The van der Waals surface area contributed by atoms with Crippen molar-refractivity contribution < 1.29 is 4.79 Å². The Hall–Kier alpha value is -1.52. The average molecular weight is 336 g/mol. The van der Waals surface area contributed by atoms with Crippen molar-refractivity contribution in [3.63, 3.8) is 0 Å². The zero-order valence-electron chi connectivity index (χ0n) is 13.7. The summed E-state index contributed by atoms with van der Waals surface area (Å²) in [5.74, 6) is 0.147. The van der Waals surface area contributed by atoms with Gasteiger partial charge in [-0.2, -0.15) is 0 Å². The molecule has 126 valence electrons. The van der Waals surface area contributed by atoms with Gasteiger partial charge in [-0.15, -0.1) is 12.4 Å². The van der Waals surface area contributed by atoms with Gasteiger partial charge in [0.05, 0.1) is 6.04 Å². The fourth-order valence-electron chi connectivity index (χ4n) is 3.30. The minimum atomic E-state index is 0. The number of amides is 1. The Morgan fingerprint density at radius 2 is 2.17 bits per heavy atom. The fourth-order valence-corrected chi connectivity index (χ4v) is 3.30. The summed E-state index contributed by atoms with van der Waals surface area (Å²) in [6.07, 6.45) is 7.26. The molecule has 0 radical (unpaired) electrons. The predicted octanol–water partition coefficient (Wildman–Crippen LogP) is 2.95. The first-order chi connectivity index (χ1) is 10.8. The number of rotatable bonds is 5. The van der Waals surface area contributed by atoms with Gasteiger partial charge in [0.25, 0.3) is 0 Å². The summed E-state index contributed by atoms with van der Waals surface area (Å²) in [6, 6.07) is 6.44. The summed E-state index contributed by atoms with van der Waals surface area (Å²) in [4.78, 5) is 15.5. The van der Waals surface area contributed by atoms with Gasteiger partial charge < -0.3 is 15.6 Å². The molecule has 1 saturated heterocycles. The molecule has 0 bridgehead atoms. The van der Waals surface area contributed by atoms with Crippen LogP contribution in [0.2, 0.25) is 0 Å². The van der Waals surface area contributed by atoms with E-state index in [9.17, 15) is 4.79 Å². The summed E-state index contributed by atoms with van der Waals surface area (Å²) >= 11 is 0. The maximum absolute atomic E-state index is 12.1. The van der Waals surface area contributed by atoms with Crippen LogP contribution >= 0.6 is 12.4 Å². The summed E-state index contributed by atoms with van der Waals surface area (Å²) in [5, 5.41) is 7.64. The van der Waals surface area contributed by atoms with E-state index in [2.05, 4.69) is 46.9 Å². The lowest BCUT2D eigenvalue weighted by molar-refractivity contribution is -0.123. The second kappa shape index (κ2) is 8.37. The number of nitrogens with one attached hydrogen (secondary N) is 3. The third kappa shape index (κ3) is 4.06. The third-order valence-corrected chi connectivity index (χ3v) is 4.59. The van der Waals surface area contributed by atoms with Crippen LogP contribution in [0.1, 0.15) is 37.3 Å². The molecular formula is C18H26ClN3O. The van der Waals surface area contributed by atoms with Crippen molar-refractivity contribution in [2.45, 2.75) is 45.1 Å². The molecule has 5 heteroatoms. The van der Waals surface area contributed by atoms with Crippen LogP contribution in [0.5, 0.6) is 0 Å². The Bertz CT molecular complexity index is 647. The van der Waals surface area contributed by atoms with Crippen molar-refractivity contribution in [3.05, 3.63) is 35.5 Å². The highest BCUT2D eigenvalue weighted by Gasteiger charge is 2.19. The van der Waals surface area contributed by atoms with Gasteiger partial charge in [0, 0.05) is 23.6 Å². The minimum absolute atomic E-state index is 0. The zero-order chi connectivity index (χ0) is 15.4. The van der Waals surface area contributed by atoms with E-state index in [1.807, 2.05) is 0 Å². The first-order valence-corrected chi connectivity index (χ1v) is 8.38. The van der Waals surface area contributed by atoms with Crippen molar-refractivity contribution in [2.24, 2.45) is 0 Å². The maximum Gasteiger partial charge on any atom is 0.237 e. The van der Waals surface area contributed by atoms with Gasteiger partial charge in [0.15, 0.2) is 0 Å². The van der Waals surface area contributed by atoms with E-state index in [0.717, 1.165) is 32.2 Å². The predicted molar refractivity (Wildman–Crippen MR) is 97.3 cm³/mol. The van der Waals surface area contributed by atoms with Crippen molar-refractivity contribution in [1.82, 2.24) is 15.6 Å². The molecule has 1 fully saturated rings. The molecule has 1 aliphatic rings. The molecule has 1 atom stereocenters. The Labute approximate surface area is 143 Å². The van der Waals surface area contributed by atoms with E-state index in [1.165, 1.54) is 28.5 Å². The second-order valence-electron chi connectivity index (χ2n) is 6.05. The summed E-state index contributed by atoms with van der Waals surface area (Å²) in [7, 11) is 0. The summed E-state index contributed by atoms with van der Waals surface area (Å²) in [5.41, 5.74) is 3.86. The van der Waals surface area contributed by atoms with Gasteiger partial charge in [-0.05, 0) is 43.4 Å². The first kappa shape index (κ1) is 17.8. The number of aryl methyl sites for hydroxylation is 1. The van der Waals surface area contributed by atoms with E-state index < -0.39 is 0 Å². The summed E-state index contributed by atoms with van der Waals surface area (Å²) in [6.45, 7) is 3.83. The molecule has 3 rings (SSSR count). The number of H-pyrrole nitrogens is 1. The SMILES string of the molecule is CCc1cccc2c(CCNC(=O)C3CCCCN3)c[nH]c12.Cl. The Morgan fingerprint density at radius 3 is 2.91 bits per heavy atom. The van der Waals surface area contributed by atoms with E-state index in [0.29, 0.717) is 6.54 Å². The molecule has 3 N–H and O–H groups in total. The van der Waals surface area contributed by atoms with Crippen LogP contribution < -0.4 is 10.6 Å². The number of aromatic amines is 1. The number of hydrogen-bond donors (Lipinski definition) is 3. The molecule has 1 amide bonds. The van der Waals surface area contributed by atoms with E-state index >= 15 is 0 Å². The van der Waals surface area contributed by atoms with Crippen LogP contribution in [-0.4, -0.2) is 30.0 Å². The number of benzene rings is 1. The molecule has 0 saturated carbocycles. The molecule has 2 heterocycles. The first-order valence-electron chi connectivity index (χ1n) is 8.38. The number of fused-ring (bicyclic) bond motifs is 1. The quantitative estimate of drug-likeness (QED) is 0.786. The minimum Gasteiger partial charge on any atom is -0.361 e. The Balaban J connectivity index is 0.00000192. The van der Waals surface area contributed by atoms with Crippen LogP contribution in [0.25, 0.3) is 10.9 Å². The average Bonchev–Trinajstić information content (AvgIpc) is 2.99. The number of carbonyl (C=O) groups excluding carboxylic acids is 1. The van der Waals surface area contributed by atoms with E-state index in [1.54, 1.807) is 0 Å². The van der Waals surface area contributed by atoms with Gasteiger partial charge >= 0.3 is 0 Å². The number of halogens is 1. The molecule has 2 aromatic rings. The normalized spacial score (nSPS) is 17.7. The smallest absolute Gasteiger partial charge is 0.237 e. The second-order valence-corrected chi connectivity index (χ2v) is 6.05. The van der Waals surface area contributed by atoms with Crippen LogP contribution in [0.15, 0.2) is 24.4 Å². The van der Waals surface area contributed by atoms with Crippen LogP contribution in [0.3, 0.4) is 0 Å². The lowest BCUT2D eigenvalue weighted by Gasteiger charge is -2.22. The standard InChI is InChI=1S/C18H25N3O.ClH/c1-2-13-6-5-7-15-14(12-21-17(13)15)9-11-20-18(22)16-8-3-4-10-19-16;/h5-7,12,16,19,21H,2-4,8-11H2,1H3,(H,20,22);1H. The number of carbonyl (C=O) groups is 1. The summed E-state index contributed by atoms with van der Waals surface area (Å²) < 4.78 is 0.